The lowest BCUT2D eigenvalue weighted by atomic mass is 10.0. The molecule has 3 heterocycles. The van der Waals surface area contributed by atoms with Gasteiger partial charge in [-0.05, 0) is 43.0 Å². The molecule has 1 atom stereocenters. The van der Waals surface area contributed by atoms with Gasteiger partial charge in [0, 0.05) is 37.8 Å². The lowest BCUT2D eigenvalue weighted by Gasteiger charge is -2.32. The van der Waals surface area contributed by atoms with Gasteiger partial charge in [0.25, 0.3) is 5.91 Å². The van der Waals surface area contributed by atoms with Crippen molar-refractivity contribution in [3.05, 3.63) is 42.0 Å². The third-order valence-corrected chi connectivity index (χ3v) is 5.10. The summed E-state index contributed by atoms with van der Waals surface area (Å²) in [5.41, 5.74) is 2.71. The Hall–Kier alpha value is -2.70. The molecule has 2 aromatic rings. The molecule has 1 saturated heterocycles. The number of benzene rings is 1. The van der Waals surface area contributed by atoms with Crippen LogP contribution in [-0.4, -0.2) is 51.1 Å². The Morgan fingerprint density at radius 3 is 2.88 bits per heavy atom. The van der Waals surface area contributed by atoms with Crippen LogP contribution in [0.15, 0.2) is 30.9 Å². The maximum absolute atomic E-state index is 12.9. The van der Waals surface area contributed by atoms with E-state index < -0.39 is 0 Å². The van der Waals surface area contributed by atoms with E-state index in [0.717, 1.165) is 37.1 Å². The maximum atomic E-state index is 12.9. The summed E-state index contributed by atoms with van der Waals surface area (Å²) in [5, 5.41) is 4.21. The van der Waals surface area contributed by atoms with Crippen molar-refractivity contribution in [3.63, 3.8) is 0 Å². The van der Waals surface area contributed by atoms with Gasteiger partial charge >= 0.3 is 0 Å². The molecule has 2 amide bonds. The van der Waals surface area contributed by atoms with Gasteiger partial charge in [-0.25, -0.2) is 9.67 Å². The summed E-state index contributed by atoms with van der Waals surface area (Å²) in [5.74, 6) is 0.0958. The molecule has 1 aromatic heterocycles. The Bertz CT molecular complexity index is 802. The normalized spacial score (nSPS) is 19.8. The Labute approximate surface area is 146 Å². The third kappa shape index (κ3) is 2.90. The molecular formula is C18H21N5O2. The molecule has 2 aliphatic rings. The SMILES string of the molecule is CC(=O)N1CCc2cc(C(=O)N3CCC[C@H](n4cncn4)C3)ccc21. The Kier molecular flexibility index (Phi) is 3.99. The molecule has 0 spiro atoms. The number of aromatic nitrogens is 3. The summed E-state index contributed by atoms with van der Waals surface area (Å²) in [6.45, 7) is 3.69. The molecule has 0 saturated carbocycles. The second kappa shape index (κ2) is 6.31. The van der Waals surface area contributed by atoms with Crippen LogP contribution in [0.1, 0.15) is 41.7 Å². The first-order chi connectivity index (χ1) is 12.1. The van der Waals surface area contributed by atoms with Gasteiger partial charge in [0.1, 0.15) is 12.7 Å². The number of hydrogen-bond acceptors (Lipinski definition) is 4. The summed E-state index contributed by atoms with van der Waals surface area (Å²) in [6.07, 6.45) is 6.01. The van der Waals surface area contributed by atoms with Crippen molar-refractivity contribution in [2.75, 3.05) is 24.5 Å². The fraction of sp³-hybridized carbons (Fsp3) is 0.444. The Balaban J connectivity index is 1.52. The van der Waals surface area contributed by atoms with E-state index in [0.29, 0.717) is 18.7 Å². The first-order valence-corrected chi connectivity index (χ1v) is 8.68. The highest BCUT2D eigenvalue weighted by molar-refractivity contribution is 5.98. The van der Waals surface area contributed by atoms with Crippen molar-refractivity contribution in [1.29, 1.82) is 0 Å². The number of carbonyl (C=O) groups is 2. The lowest BCUT2D eigenvalue weighted by molar-refractivity contribution is -0.116. The molecule has 7 heteroatoms. The van der Waals surface area contributed by atoms with E-state index >= 15 is 0 Å². The number of anilines is 1. The standard InChI is InChI=1S/C18H21N5O2/c1-13(24)22-8-6-14-9-15(4-5-17(14)22)18(25)21-7-2-3-16(10-21)23-12-19-11-20-23/h4-5,9,11-12,16H,2-3,6-8,10H2,1H3/t16-/m0/s1. The van der Waals surface area contributed by atoms with Gasteiger partial charge in [0.05, 0.1) is 6.04 Å². The van der Waals surface area contributed by atoms with Gasteiger partial charge in [-0.1, -0.05) is 0 Å². The van der Waals surface area contributed by atoms with Gasteiger partial charge in [0.15, 0.2) is 0 Å². The monoisotopic (exact) mass is 339 g/mol. The van der Waals surface area contributed by atoms with Crippen LogP contribution in [0, 0.1) is 0 Å². The Morgan fingerprint density at radius 1 is 1.24 bits per heavy atom. The van der Waals surface area contributed by atoms with E-state index in [4.69, 9.17) is 0 Å². The second-order valence-corrected chi connectivity index (χ2v) is 6.69. The first-order valence-electron chi connectivity index (χ1n) is 8.68. The predicted octanol–water partition coefficient (Wildman–Crippen LogP) is 1.66. The molecule has 0 radical (unpaired) electrons. The van der Waals surface area contributed by atoms with Crippen molar-refractivity contribution in [2.24, 2.45) is 0 Å². The van der Waals surface area contributed by atoms with Gasteiger partial charge in [-0.15, -0.1) is 0 Å². The predicted molar refractivity (Wildman–Crippen MR) is 92.4 cm³/mol. The van der Waals surface area contributed by atoms with Crippen LogP contribution in [-0.2, 0) is 11.2 Å². The number of rotatable bonds is 2. The molecule has 7 nitrogen and oxygen atoms in total. The minimum Gasteiger partial charge on any atom is -0.337 e. The highest BCUT2D eigenvalue weighted by Crippen LogP contribution is 2.30. The van der Waals surface area contributed by atoms with E-state index in [9.17, 15) is 9.59 Å². The second-order valence-electron chi connectivity index (χ2n) is 6.69. The van der Waals surface area contributed by atoms with Crippen LogP contribution in [0.4, 0.5) is 5.69 Å². The molecule has 2 aliphatic heterocycles. The highest BCUT2D eigenvalue weighted by Gasteiger charge is 2.28. The van der Waals surface area contributed by atoms with E-state index in [-0.39, 0.29) is 17.9 Å². The fourth-order valence-corrected chi connectivity index (χ4v) is 3.81. The number of likely N-dealkylation sites (tertiary alicyclic amines) is 1. The minimum absolute atomic E-state index is 0.0459. The Morgan fingerprint density at radius 2 is 2.12 bits per heavy atom. The number of amides is 2. The maximum Gasteiger partial charge on any atom is 0.253 e. The van der Waals surface area contributed by atoms with Crippen molar-refractivity contribution >= 4 is 17.5 Å². The first kappa shape index (κ1) is 15.8. The van der Waals surface area contributed by atoms with Gasteiger partial charge in [-0.2, -0.15) is 5.10 Å². The summed E-state index contributed by atoms with van der Waals surface area (Å²) in [4.78, 5) is 32.3. The highest BCUT2D eigenvalue weighted by atomic mass is 16.2. The van der Waals surface area contributed by atoms with E-state index in [2.05, 4.69) is 10.1 Å². The fourth-order valence-electron chi connectivity index (χ4n) is 3.81. The number of carbonyl (C=O) groups excluding carboxylic acids is 2. The van der Waals surface area contributed by atoms with Crippen LogP contribution in [0.3, 0.4) is 0 Å². The molecule has 0 N–H and O–H groups in total. The third-order valence-electron chi connectivity index (χ3n) is 5.10. The minimum atomic E-state index is 0.0459. The zero-order valence-electron chi connectivity index (χ0n) is 14.3. The summed E-state index contributed by atoms with van der Waals surface area (Å²) < 4.78 is 1.84. The molecule has 25 heavy (non-hydrogen) atoms. The zero-order valence-corrected chi connectivity index (χ0v) is 14.3. The van der Waals surface area contributed by atoms with Crippen LogP contribution >= 0.6 is 0 Å². The van der Waals surface area contributed by atoms with E-state index in [1.807, 2.05) is 27.8 Å². The average molecular weight is 339 g/mol. The molecule has 0 aliphatic carbocycles. The smallest absolute Gasteiger partial charge is 0.253 e. The van der Waals surface area contributed by atoms with Gasteiger partial charge < -0.3 is 9.80 Å². The van der Waals surface area contributed by atoms with Crippen LogP contribution in [0.25, 0.3) is 0 Å². The molecule has 1 aromatic carbocycles. The zero-order chi connectivity index (χ0) is 17.4. The summed E-state index contributed by atoms with van der Waals surface area (Å²) in [6, 6.07) is 5.86. The largest absolute Gasteiger partial charge is 0.337 e. The van der Waals surface area contributed by atoms with Crippen molar-refractivity contribution in [3.8, 4) is 0 Å². The van der Waals surface area contributed by atoms with Crippen molar-refractivity contribution in [1.82, 2.24) is 19.7 Å². The average Bonchev–Trinajstić information content (AvgIpc) is 3.30. The van der Waals surface area contributed by atoms with Crippen LogP contribution in [0.2, 0.25) is 0 Å². The van der Waals surface area contributed by atoms with E-state index in [1.54, 1.807) is 18.2 Å². The number of piperidine rings is 1. The topological polar surface area (TPSA) is 71.3 Å². The van der Waals surface area contributed by atoms with Gasteiger partial charge in [-0.3, -0.25) is 9.59 Å². The quantitative estimate of drug-likeness (QED) is 0.834. The van der Waals surface area contributed by atoms with Gasteiger partial charge in [0.2, 0.25) is 5.91 Å². The number of hydrogen-bond donors (Lipinski definition) is 0. The summed E-state index contributed by atoms with van der Waals surface area (Å²) in [7, 11) is 0. The molecule has 0 unspecified atom stereocenters. The number of fused-ring (bicyclic) bond motifs is 1. The summed E-state index contributed by atoms with van der Waals surface area (Å²) >= 11 is 0. The van der Waals surface area contributed by atoms with Crippen LogP contribution < -0.4 is 4.90 Å². The van der Waals surface area contributed by atoms with Crippen molar-refractivity contribution < 1.29 is 9.59 Å². The molecule has 0 bridgehead atoms. The molecule has 1 fully saturated rings. The number of nitrogens with zero attached hydrogens (tertiary/aromatic N) is 5. The van der Waals surface area contributed by atoms with Crippen LogP contribution in [0.5, 0.6) is 0 Å². The molecule has 130 valence electrons. The lowest BCUT2D eigenvalue weighted by Crippen LogP contribution is -2.40. The molecular weight excluding hydrogens is 318 g/mol. The van der Waals surface area contributed by atoms with Crippen molar-refractivity contribution in [2.45, 2.75) is 32.2 Å². The molecule has 4 rings (SSSR count). The van der Waals surface area contributed by atoms with E-state index in [1.165, 1.54) is 6.33 Å².